The molecule has 0 aliphatic carbocycles. The summed E-state index contributed by atoms with van der Waals surface area (Å²) < 4.78 is 26.8. The summed E-state index contributed by atoms with van der Waals surface area (Å²) in [5.74, 6) is -2.09. The third kappa shape index (κ3) is 3.67. The van der Waals surface area contributed by atoms with Gasteiger partial charge < -0.3 is 10.6 Å². The summed E-state index contributed by atoms with van der Waals surface area (Å²) in [5, 5.41) is 17.1. The highest BCUT2D eigenvalue weighted by atomic mass is 35.5. The maximum absolute atomic E-state index is 13.8. The van der Waals surface area contributed by atoms with E-state index in [2.05, 4.69) is 20.6 Å². The molecule has 1 heterocycles. The van der Waals surface area contributed by atoms with Gasteiger partial charge in [-0.1, -0.05) is 23.7 Å². The highest BCUT2D eigenvalue weighted by Crippen LogP contribution is 2.35. The van der Waals surface area contributed by atoms with Crippen molar-refractivity contribution >= 4 is 40.3 Å². The van der Waals surface area contributed by atoms with Crippen LogP contribution in [0.15, 0.2) is 48.8 Å². The fraction of sp³-hybridized carbons (Fsp3) is 0. The van der Waals surface area contributed by atoms with Gasteiger partial charge in [-0.3, -0.25) is 10.1 Å². The summed E-state index contributed by atoms with van der Waals surface area (Å²) in [6, 6.07) is 9.38. The van der Waals surface area contributed by atoms with Gasteiger partial charge in [0.05, 0.1) is 21.3 Å². The van der Waals surface area contributed by atoms with Crippen LogP contribution < -0.4 is 10.6 Å². The van der Waals surface area contributed by atoms with E-state index < -0.39 is 22.2 Å². The summed E-state index contributed by atoms with van der Waals surface area (Å²) in [7, 11) is 0. The Labute approximate surface area is 150 Å². The molecule has 2 aromatic carbocycles. The minimum Gasteiger partial charge on any atom is -0.333 e. The first-order chi connectivity index (χ1) is 12.5. The van der Waals surface area contributed by atoms with Crippen molar-refractivity contribution in [3.8, 4) is 0 Å². The monoisotopic (exact) mass is 377 g/mol. The Balaban J connectivity index is 2.01. The van der Waals surface area contributed by atoms with Crippen LogP contribution in [0.4, 0.5) is 37.5 Å². The number of halogens is 3. The summed E-state index contributed by atoms with van der Waals surface area (Å²) in [6.07, 6.45) is 1.07. The van der Waals surface area contributed by atoms with Crippen LogP contribution in [0.5, 0.6) is 0 Å². The van der Waals surface area contributed by atoms with Crippen molar-refractivity contribution in [2.24, 2.45) is 0 Å². The van der Waals surface area contributed by atoms with E-state index >= 15 is 0 Å². The Hall–Kier alpha value is -3.33. The van der Waals surface area contributed by atoms with E-state index in [0.29, 0.717) is 16.8 Å². The topological polar surface area (TPSA) is 93.0 Å². The van der Waals surface area contributed by atoms with Gasteiger partial charge in [0.15, 0.2) is 0 Å². The third-order valence-corrected chi connectivity index (χ3v) is 3.65. The molecule has 132 valence electrons. The lowest BCUT2D eigenvalue weighted by atomic mass is 10.3. The van der Waals surface area contributed by atoms with Crippen molar-refractivity contribution in [1.82, 2.24) is 9.97 Å². The summed E-state index contributed by atoms with van der Waals surface area (Å²) in [4.78, 5) is 18.4. The third-order valence-electron chi connectivity index (χ3n) is 3.32. The zero-order valence-corrected chi connectivity index (χ0v) is 13.7. The lowest BCUT2D eigenvalue weighted by molar-refractivity contribution is -0.383. The molecule has 0 atom stereocenters. The van der Waals surface area contributed by atoms with Gasteiger partial charge in [-0.25, -0.2) is 18.7 Å². The van der Waals surface area contributed by atoms with E-state index in [1.54, 1.807) is 24.3 Å². The molecule has 0 saturated heterocycles. The molecule has 3 rings (SSSR count). The number of hydrogen-bond donors (Lipinski definition) is 2. The van der Waals surface area contributed by atoms with Crippen LogP contribution in [0.1, 0.15) is 0 Å². The normalized spacial score (nSPS) is 10.4. The Kier molecular flexibility index (Phi) is 4.90. The van der Waals surface area contributed by atoms with Gasteiger partial charge in [-0.05, 0) is 24.3 Å². The van der Waals surface area contributed by atoms with Crippen LogP contribution in [-0.4, -0.2) is 14.9 Å². The smallest absolute Gasteiger partial charge is 0.333 e. The molecule has 0 saturated carbocycles. The van der Waals surface area contributed by atoms with E-state index in [1.807, 2.05) is 0 Å². The van der Waals surface area contributed by atoms with Gasteiger partial charge in [-0.2, -0.15) is 0 Å². The van der Waals surface area contributed by atoms with Gasteiger partial charge in [0.2, 0.25) is 11.6 Å². The van der Waals surface area contributed by atoms with E-state index in [-0.39, 0.29) is 17.3 Å². The molecule has 10 heteroatoms. The van der Waals surface area contributed by atoms with Crippen molar-refractivity contribution in [3.05, 3.63) is 75.6 Å². The van der Waals surface area contributed by atoms with E-state index in [4.69, 9.17) is 11.6 Å². The maximum Gasteiger partial charge on any atom is 0.353 e. The number of nitro groups is 1. The molecule has 0 spiro atoms. The fourth-order valence-electron chi connectivity index (χ4n) is 2.14. The molecule has 3 aromatic rings. The molecular weight excluding hydrogens is 368 g/mol. The number of benzene rings is 2. The minimum absolute atomic E-state index is 0.136. The summed E-state index contributed by atoms with van der Waals surface area (Å²) in [6.45, 7) is 0. The first kappa shape index (κ1) is 17.5. The first-order valence-corrected chi connectivity index (χ1v) is 7.56. The van der Waals surface area contributed by atoms with E-state index in [0.717, 1.165) is 18.5 Å². The number of nitrogens with one attached hydrogen (secondary N) is 2. The predicted octanol–water partition coefficient (Wildman–Crippen LogP) is 4.80. The number of nitrogens with zero attached hydrogens (tertiary/aromatic N) is 3. The second-order valence-corrected chi connectivity index (χ2v) is 5.44. The average molecular weight is 378 g/mol. The zero-order valence-electron chi connectivity index (χ0n) is 12.9. The van der Waals surface area contributed by atoms with Crippen molar-refractivity contribution in [2.45, 2.75) is 0 Å². The van der Waals surface area contributed by atoms with E-state index in [9.17, 15) is 18.9 Å². The quantitative estimate of drug-likeness (QED) is 0.490. The molecular formula is C16H10ClF2N5O2. The molecule has 0 fully saturated rings. The molecule has 1 aromatic heterocycles. The van der Waals surface area contributed by atoms with E-state index in [1.165, 1.54) is 0 Å². The molecule has 0 aliphatic rings. The molecule has 0 aliphatic heterocycles. The Bertz CT molecular complexity index is 987. The van der Waals surface area contributed by atoms with Crippen molar-refractivity contribution < 1.29 is 13.7 Å². The number of hydrogen-bond acceptors (Lipinski definition) is 6. The van der Waals surface area contributed by atoms with Crippen molar-refractivity contribution in [1.29, 1.82) is 0 Å². The number of aromatic nitrogens is 2. The van der Waals surface area contributed by atoms with Crippen LogP contribution in [0, 0.1) is 21.7 Å². The average Bonchev–Trinajstić information content (AvgIpc) is 2.59. The first-order valence-electron chi connectivity index (χ1n) is 7.18. The molecule has 0 unspecified atom stereocenters. The lowest BCUT2D eigenvalue weighted by Gasteiger charge is -2.11. The van der Waals surface area contributed by atoms with Crippen LogP contribution in [0.3, 0.4) is 0 Å². The summed E-state index contributed by atoms with van der Waals surface area (Å²) in [5.41, 5.74) is -0.289. The van der Waals surface area contributed by atoms with Crippen molar-refractivity contribution in [2.75, 3.05) is 10.6 Å². The zero-order chi connectivity index (χ0) is 18.7. The maximum atomic E-state index is 13.8. The molecule has 2 N–H and O–H groups in total. The molecule has 0 radical (unpaired) electrons. The van der Waals surface area contributed by atoms with Gasteiger partial charge in [0.1, 0.15) is 18.0 Å². The van der Waals surface area contributed by atoms with Crippen LogP contribution in [-0.2, 0) is 0 Å². The van der Waals surface area contributed by atoms with Crippen molar-refractivity contribution in [3.63, 3.8) is 0 Å². The van der Waals surface area contributed by atoms with Gasteiger partial charge in [0.25, 0.3) is 0 Å². The van der Waals surface area contributed by atoms with Crippen LogP contribution >= 0.6 is 11.6 Å². The fourth-order valence-corrected chi connectivity index (χ4v) is 2.33. The highest BCUT2D eigenvalue weighted by molar-refractivity contribution is 6.33. The second-order valence-electron chi connectivity index (χ2n) is 5.03. The highest BCUT2D eigenvalue weighted by Gasteiger charge is 2.24. The Morgan fingerprint density at radius 1 is 1.00 bits per heavy atom. The molecule has 0 bridgehead atoms. The Morgan fingerprint density at radius 2 is 1.65 bits per heavy atom. The van der Waals surface area contributed by atoms with Crippen LogP contribution in [0.2, 0.25) is 5.02 Å². The van der Waals surface area contributed by atoms with Gasteiger partial charge >= 0.3 is 5.69 Å². The molecule has 0 amide bonds. The number of rotatable bonds is 5. The lowest BCUT2D eigenvalue weighted by Crippen LogP contribution is -2.06. The number of para-hydroxylation sites is 1. The minimum atomic E-state index is -0.918. The second kappa shape index (κ2) is 7.28. The van der Waals surface area contributed by atoms with Gasteiger partial charge in [-0.15, -0.1) is 0 Å². The molecule has 7 nitrogen and oxygen atoms in total. The predicted molar refractivity (Wildman–Crippen MR) is 93.1 cm³/mol. The standard InChI is InChI=1S/C16H10ClF2N5O2/c17-10-3-1-2-4-12(10)22-15-14(24(25)26)16(21-8-20-15)23-13-6-5-9(18)7-11(13)19/h1-8H,(H2,20,21,22,23). The largest absolute Gasteiger partial charge is 0.353 e. The Morgan fingerprint density at radius 3 is 2.27 bits per heavy atom. The van der Waals surface area contributed by atoms with Gasteiger partial charge in [0, 0.05) is 6.07 Å². The van der Waals surface area contributed by atoms with Crippen LogP contribution in [0.25, 0.3) is 0 Å². The summed E-state index contributed by atoms with van der Waals surface area (Å²) >= 11 is 6.03. The number of anilines is 4. The molecule has 26 heavy (non-hydrogen) atoms. The SMILES string of the molecule is O=[N+]([O-])c1c(Nc2ccc(F)cc2F)ncnc1Nc1ccccc1Cl.